The van der Waals surface area contributed by atoms with E-state index in [1.165, 1.54) is 10.1 Å². The van der Waals surface area contributed by atoms with E-state index in [0.29, 0.717) is 13.1 Å². The maximum atomic E-state index is 11.6. The molecule has 48 heavy (non-hydrogen) atoms. The highest BCUT2D eigenvalue weighted by Crippen LogP contribution is 2.48. The molecule has 0 unspecified atom stereocenters. The van der Waals surface area contributed by atoms with Crippen LogP contribution in [0.15, 0.2) is 106 Å². The Kier molecular flexibility index (Phi) is 9.20. The van der Waals surface area contributed by atoms with Gasteiger partial charge in [0.1, 0.15) is 4.70 Å². The molecule has 246 valence electrons. The van der Waals surface area contributed by atoms with Crippen LogP contribution in [-0.2, 0) is 26.8 Å². The Morgan fingerprint density at radius 3 is 2.19 bits per heavy atom. The fourth-order valence-electron chi connectivity index (χ4n) is 5.93. The zero-order valence-corrected chi connectivity index (χ0v) is 29.6. The molecule has 6 aromatic rings. The van der Waals surface area contributed by atoms with Crippen LogP contribution in [-0.4, -0.2) is 44.0 Å². The average molecular weight is 736 g/mol. The Hall–Kier alpha value is -3.56. The third-order valence-electron chi connectivity index (χ3n) is 8.17. The fraction of sp³-hybridized carbons (Fsp3) is 0.171. The third kappa shape index (κ3) is 7.37. The number of anilines is 1. The van der Waals surface area contributed by atoms with Gasteiger partial charge in [-0.25, -0.2) is 0 Å². The first-order valence-corrected chi connectivity index (χ1v) is 20.9. The third-order valence-corrected chi connectivity index (χ3v) is 12.9. The molecule has 0 aliphatic carbocycles. The van der Waals surface area contributed by atoms with E-state index in [1.807, 2.05) is 30.3 Å². The normalized spacial score (nSPS) is 14.4. The van der Waals surface area contributed by atoms with Gasteiger partial charge in [0, 0.05) is 28.6 Å². The molecule has 0 atom stereocenters. The van der Waals surface area contributed by atoms with Crippen molar-refractivity contribution in [2.24, 2.45) is 0 Å². The summed E-state index contributed by atoms with van der Waals surface area (Å²) in [5, 5.41) is 5.04. The molecule has 0 saturated heterocycles. The molecule has 0 bridgehead atoms. The second kappa shape index (κ2) is 13.4. The van der Waals surface area contributed by atoms with Crippen molar-refractivity contribution >= 4 is 86.7 Å². The molecular formula is C35H31N2O6S5+. The van der Waals surface area contributed by atoms with E-state index in [1.54, 1.807) is 34.4 Å². The van der Waals surface area contributed by atoms with Gasteiger partial charge in [0.2, 0.25) is 5.52 Å². The van der Waals surface area contributed by atoms with Gasteiger partial charge in [-0.05, 0) is 75.8 Å². The SMILES string of the molecule is O=S(=O)(O)CCCN1C(=Cc2sc3ccc(-c4ccc5sccc5c4)cc3[n+]2CCCS(=O)(=O)O)Sc2ccc(-c3ccccc3)cc21. The van der Waals surface area contributed by atoms with E-state index in [4.69, 9.17) is 0 Å². The number of thiazole rings is 1. The van der Waals surface area contributed by atoms with Crippen LogP contribution in [0.4, 0.5) is 5.69 Å². The number of hydrogen-bond donors (Lipinski definition) is 2. The Balaban J connectivity index is 1.30. The van der Waals surface area contributed by atoms with Crippen LogP contribution in [0.1, 0.15) is 17.8 Å². The number of fused-ring (bicyclic) bond motifs is 3. The second-order valence-electron chi connectivity index (χ2n) is 11.5. The largest absolute Gasteiger partial charge is 0.335 e. The first-order valence-electron chi connectivity index (χ1n) is 15.2. The van der Waals surface area contributed by atoms with E-state index in [0.717, 1.165) is 53.1 Å². The van der Waals surface area contributed by atoms with Gasteiger partial charge in [0.25, 0.3) is 25.2 Å². The lowest BCUT2D eigenvalue weighted by Crippen LogP contribution is -2.36. The minimum Gasteiger partial charge on any atom is -0.335 e. The highest BCUT2D eigenvalue weighted by Gasteiger charge is 2.29. The van der Waals surface area contributed by atoms with Gasteiger partial charge in [0.05, 0.1) is 28.3 Å². The summed E-state index contributed by atoms with van der Waals surface area (Å²) in [6, 6.07) is 31.1. The van der Waals surface area contributed by atoms with Gasteiger partial charge in [-0.15, -0.1) is 11.3 Å². The first kappa shape index (κ1) is 33.0. The van der Waals surface area contributed by atoms with Gasteiger partial charge in [-0.2, -0.15) is 21.4 Å². The van der Waals surface area contributed by atoms with E-state index >= 15 is 0 Å². The Morgan fingerprint density at radius 1 is 0.729 bits per heavy atom. The fourth-order valence-corrected chi connectivity index (χ4v) is 9.97. The topological polar surface area (TPSA) is 116 Å². The maximum Gasteiger partial charge on any atom is 0.265 e. The van der Waals surface area contributed by atoms with E-state index in [-0.39, 0.29) is 24.3 Å². The number of hydrogen-bond acceptors (Lipinski definition) is 8. The van der Waals surface area contributed by atoms with Crippen molar-refractivity contribution in [3.63, 3.8) is 0 Å². The molecule has 1 aliphatic heterocycles. The molecule has 0 fully saturated rings. The standard InChI is InChI=1S/C35H30N2O6S5/c38-47(39,40)18-4-15-36-29-21-26(24-6-2-1-3-7-24)9-12-32(29)45-34(36)23-35-37(16-5-19-48(41,42)43)30-22-27(10-13-33(30)46-35)25-8-11-31-28(20-25)14-17-44-31/h1-3,6-14,17,20-23H,4-5,15-16,18-19H2,(H-,38,39,40,41,42,43)/p+1. The van der Waals surface area contributed by atoms with Gasteiger partial charge < -0.3 is 4.90 Å². The summed E-state index contributed by atoms with van der Waals surface area (Å²) in [6.07, 6.45) is 2.52. The lowest BCUT2D eigenvalue weighted by atomic mass is 10.0. The number of aromatic nitrogens is 1. The molecule has 4 aromatic carbocycles. The highest BCUT2D eigenvalue weighted by atomic mass is 32.2. The molecular weight excluding hydrogens is 705 g/mol. The summed E-state index contributed by atoms with van der Waals surface area (Å²) in [5.74, 6) is -0.709. The number of rotatable bonds is 11. The summed E-state index contributed by atoms with van der Waals surface area (Å²) in [6.45, 7) is 0.733. The van der Waals surface area contributed by atoms with Gasteiger partial charge in [-0.1, -0.05) is 71.6 Å². The molecule has 2 N–H and O–H groups in total. The van der Waals surface area contributed by atoms with Crippen LogP contribution >= 0.6 is 34.4 Å². The van der Waals surface area contributed by atoms with E-state index in [2.05, 4.69) is 81.6 Å². The number of thiophene rings is 1. The maximum absolute atomic E-state index is 11.6. The zero-order chi connectivity index (χ0) is 33.5. The molecule has 1 aliphatic rings. The average Bonchev–Trinajstić information content (AvgIpc) is 3.75. The summed E-state index contributed by atoms with van der Waals surface area (Å²) in [5.41, 5.74) is 6.13. The lowest BCUT2D eigenvalue weighted by molar-refractivity contribution is -0.668. The number of thioether (sulfide) groups is 1. The minimum absolute atomic E-state index is 0.225. The quantitative estimate of drug-likeness (QED) is 0.101. The second-order valence-corrected chi connectivity index (χ2v) is 17.7. The molecule has 0 spiro atoms. The van der Waals surface area contributed by atoms with Crippen molar-refractivity contribution in [2.75, 3.05) is 23.0 Å². The molecule has 0 saturated carbocycles. The molecule has 2 aromatic heterocycles. The lowest BCUT2D eigenvalue weighted by Gasteiger charge is -2.20. The molecule has 8 nitrogen and oxygen atoms in total. The van der Waals surface area contributed by atoms with Crippen LogP contribution < -0.4 is 9.47 Å². The Morgan fingerprint density at radius 2 is 1.42 bits per heavy atom. The number of nitrogens with zero attached hydrogens (tertiary/aromatic N) is 2. The summed E-state index contributed by atoms with van der Waals surface area (Å²) >= 11 is 4.87. The van der Waals surface area contributed by atoms with Crippen molar-refractivity contribution in [1.29, 1.82) is 0 Å². The van der Waals surface area contributed by atoms with Crippen molar-refractivity contribution in [3.8, 4) is 22.3 Å². The Bertz CT molecular complexity index is 2400. The Labute approximate surface area is 291 Å². The van der Waals surface area contributed by atoms with E-state index in [9.17, 15) is 25.9 Å². The van der Waals surface area contributed by atoms with Crippen LogP contribution in [0, 0.1) is 0 Å². The highest BCUT2D eigenvalue weighted by molar-refractivity contribution is 8.04. The predicted molar refractivity (Wildman–Crippen MR) is 198 cm³/mol. The van der Waals surface area contributed by atoms with Crippen molar-refractivity contribution in [1.82, 2.24) is 0 Å². The predicted octanol–water partition coefficient (Wildman–Crippen LogP) is 8.20. The van der Waals surface area contributed by atoms with Gasteiger partial charge >= 0.3 is 0 Å². The zero-order valence-electron chi connectivity index (χ0n) is 25.5. The summed E-state index contributed by atoms with van der Waals surface area (Å²) < 4.78 is 69.8. The van der Waals surface area contributed by atoms with E-state index < -0.39 is 20.2 Å². The molecule has 0 radical (unpaired) electrons. The monoisotopic (exact) mass is 735 g/mol. The minimum atomic E-state index is -4.13. The molecule has 7 rings (SSSR count). The van der Waals surface area contributed by atoms with Crippen molar-refractivity contribution in [3.05, 3.63) is 106 Å². The van der Waals surface area contributed by atoms with Gasteiger partial charge in [0.15, 0.2) is 6.54 Å². The van der Waals surface area contributed by atoms with Crippen LogP contribution in [0.3, 0.4) is 0 Å². The van der Waals surface area contributed by atoms with Crippen LogP contribution in [0.2, 0.25) is 0 Å². The molecule has 13 heteroatoms. The first-order chi connectivity index (χ1) is 23.0. The van der Waals surface area contributed by atoms with Crippen LogP contribution in [0.25, 0.3) is 48.6 Å². The van der Waals surface area contributed by atoms with Crippen molar-refractivity contribution in [2.45, 2.75) is 24.3 Å². The van der Waals surface area contributed by atoms with Crippen molar-refractivity contribution < 1.29 is 30.5 Å². The number of benzene rings is 4. The molecule has 3 heterocycles. The number of aryl methyl sites for hydroxylation is 1. The summed E-state index contributed by atoms with van der Waals surface area (Å²) in [7, 11) is -8.26. The molecule has 0 amide bonds. The van der Waals surface area contributed by atoms with Gasteiger partial charge in [-0.3, -0.25) is 9.11 Å². The van der Waals surface area contributed by atoms with Crippen LogP contribution in [0.5, 0.6) is 0 Å². The smallest absolute Gasteiger partial charge is 0.265 e. The summed E-state index contributed by atoms with van der Waals surface area (Å²) in [4.78, 5) is 3.12.